The van der Waals surface area contributed by atoms with E-state index in [1.165, 1.54) is 0 Å². The third-order valence-electron chi connectivity index (χ3n) is 6.76. The van der Waals surface area contributed by atoms with Crippen molar-refractivity contribution in [3.8, 4) is 0 Å². The maximum Gasteiger partial charge on any atom is 0.256 e. The van der Waals surface area contributed by atoms with E-state index < -0.39 is 0 Å². The minimum absolute atomic E-state index is 0.0236. The van der Waals surface area contributed by atoms with Crippen molar-refractivity contribution < 1.29 is 9.59 Å². The number of carbonyl (C=O) groups is 2. The molecule has 1 unspecified atom stereocenters. The highest BCUT2D eigenvalue weighted by atomic mass is 16.2. The van der Waals surface area contributed by atoms with Crippen molar-refractivity contribution in [1.82, 2.24) is 30.5 Å². The predicted molar refractivity (Wildman–Crippen MR) is 134 cm³/mol. The molecule has 1 aromatic carbocycles. The Kier molecular flexibility index (Phi) is 7.04. The number of hydrogen-bond donors (Lipinski definition) is 3. The number of aromatic nitrogens is 2. The minimum Gasteiger partial charge on any atom is -0.336 e. The van der Waals surface area contributed by atoms with Crippen LogP contribution in [-0.4, -0.2) is 70.9 Å². The van der Waals surface area contributed by atoms with Gasteiger partial charge in [0.25, 0.3) is 17.4 Å². The molecule has 35 heavy (non-hydrogen) atoms. The zero-order chi connectivity index (χ0) is 25.3. The zero-order valence-electron chi connectivity index (χ0n) is 20.9. The molecule has 3 heterocycles. The summed E-state index contributed by atoms with van der Waals surface area (Å²) in [5.41, 5.74) is 6.23. The number of carbonyl (C=O) groups excluding carboxylic acids is 2. The van der Waals surface area contributed by atoms with Gasteiger partial charge in [-0.1, -0.05) is 6.92 Å². The summed E-state index contributed by atoms with van der Waals surface area (Å²) in [6, 6.07) is 6.63. The molecule has 4 rings (SSSR count). The van der Waals surface area contributed by atoms with Gasteiger partial charge in [0.15, 0.2) is 0 Å². The standard InChI is InChI=1S/C25H33N7O3/c1-6-20-17(4)26-25(28-23(20)34)32-21(15(2)16(3)29-32)27-22(33)18-7-9-19(10-8-18)24(35)31-13-11-30(5)12-14-31/h7-10,16,29H,6,11-14H2,1-5H3,(H,27,33)(H,26,28,34). The topological polar surface area (TPSA) is 114 Å². The van der Waals surface area contributed by atoms with Gasteiger partial charge in [-0.15, -0.1) is 0 Å². The first kappa shape index (κ1) is 24.6. The number of amides is 2. The van der Waals surface area contributed by atoms with Gasteiger partial charge in [-0.2, -0.15) is 0 Å². The fraction of sp³-hybridized carbons (Fsp3) is 0.440. The minimum atomic E-state index is -0.317. The second-order valence-corrected chi connectivity index (χ2v) is 9.15. The molecule has 2 aliphatic rings. The van der Waals surface area contributed by atoms with Gasteiger partial charge >= 0.3 is 0 Å². The highest BCUT2D eigenvalue weighted by molar-refractivity contribution is 5.98. The molecule has 2 aliphatic heterocycles. The van der Waals surface area contributed by atoms with E-state index in [2.05, 4.69) is 25.6 Å². The van der Waals surface area contributed by atoms with Crippen molar-refractivity contribution >= 4 is 17.8 Å². The maximum atomic E-state index is 13.1. The average Bonchev–Trinajstić information content (AvgIpc) is 3.12. The van der Waals surface area contributed by atoms with Crippen LogP contribution >= 0.6 is 0 Å². The van der Waals surface area contributed by atoms with Crippen molar-refractivity contribution in [2.24, 2.45) is 0 Å². The number of nitrogens with one attached hydrogen (secondary N) is 3. The number of H-pyrrole nitrogens is 1. The molecule has 0 spiro atoms. The number of benzene rings is 1. The summed E-state index contributed by atoms with van der Waals surface area (Å²) in [5.74, 6) is 0.497. The molecule has 0 aliphatic carbocycles. The smallest absolute Gasteiger partial charge is 0.256 e. The molecule has 1 fully saturated rings. The number of nitrogens with zero attached hydrogens (tertiary/aromatic N) is 4. The number of aromatic amines is 1. The Labute approximate surface area is 205 Å². The van der Waals surface area contributed by atoms with Crippen molar-refractivity contribution in [3.05, 3.63) is 68.4 Å². The van der Waals surface area contributed by atoms with E-state index in [-0.39, 0.29) is 23.4 Å². The molecule has 0 bridgehead atoms. The van der Waals surface area contributed by atoms with Crippen LogP contribution in [-0.2, 0) is 6.42 Å². The maximum absolute atomic E-state index is 13.1. The lowest BCUT2D eigenvalue weighted by Gasteiger charge is -2.32. The monoisotopic (exact) mass is 479 g/mol. The molecule has 10 nitrogen and oxygen atoms in total. The van der Waals surface area contributed by atoms with Crippen LogP contribution in [0.2, 0.25) is 0 Å². The Bertz CT molecular complexity index is 1210. The fourth-order valence-corrected chi connectivity index (χ4v) is 4.31. The summed E-state index contributed by atoms with van der Waals surface area (Å²) in [5, 5.41) is 4.56. The number of likely N-dealkylation sites (N-methyl/N-ethyl adjacent to an activating group) is 1. The van der Waals surface area contributed by atoms with E-state index in [1.54, 1.807) is 36.2 Å². The number of rotatable bonds is 5. The van der Waals surface area contributed by atoms with Gasteiger partial charge in [-0.3, -0.25) is 19.4 Å². The van der Waals surface area contributed by atoms with Crippen LogP contribution in [0.15, 0.2) is 40.5 Å². The van der Waals surface area contributed by atoms with Gasteiger partial charge in [0, 0.05) is 54.6 Å². The molecule has 1 aromatic heterocycles. The van der Waals surface area contributed by atoms with Gasteiger partial charge < -0.3 is 15.1 Å². The van der Waals surface area contributed by atoms with Gasteiger partial charge in [0.05, 0.1) is 0 Å². The highest BCUT2D eigenvalue weighted by Gasteiger charge is 2.30. The van der Waals surface area contributed by atoms with E-state index >= 15 is 0 Å². The summed E-state index contributed by atoms with van der Waals surface area (Å²) in [4.78, 5) is 49.8. The second-order valence-electron chi connectivity index (χ2n) is 9.15. The Balaban J connectivity index is 1.51. The van der Waals surface area contributed by atoms with Gasteiger partial charge in [-0.25, -0.2) is 15.4 Å². The largest absolute Gasteiger partial charge is 0.336 e. The molecular formula is C25H33N7O3. The quantitative estimate of drug-likeness (QED) is 0.594. The van der Waals surface area contributed by atoms with Crippen LogP contribution in [0.1, 0.15) is 52.7 Å². The van der Waals surface area contributed by atoms with E-state index in [0.717, 1.165) is 18.7 Å². The van der Waals surface area contributed by atoms with Crippen molar-refractivity contribution in [3.63, 3.8) is 0 Å². The summed E-state index contributed by atoms with van der Waals surface area (Å²) in [7, 11) is 2.04. The number of piperazine rings is 1. The van der Waals surface area contributed by atoms with Gasteiger partial charge in [0.2, 0.25) is 5.95 Å². The lowest BCUT2D eigenvalue weighted by atomic mass is 10.1. The highest BCUT2D eigenvalue weighted by Crippen LogP contribution is 2.23. The Morgan fingerprint density at radius 2 is 1.71 bits per heavy atom. The molecule has 2 amide bonds. The van der Waals surface area contributed by atoms with Crippen LogP contribution in [0.5, 0.6) is 0 Å². The first-order valence-corrected chi connectivity index (χ1v) is 12.0. The van der Waals surface area contributed by atoms with Crippen LogP contribution in [0.25, 0.3) is 0 Å². The molecule has 0 radical (unpaired) electrons. The van der Waals surface area contributed by atoms with Gasteiger partial charge in [-0.05, 0) is 64.1 Å². The van der Waals surface area contributed by atoms with Crippen LogP contribution in [0.4, 0.5) is 5.95 Å². The number of hydrazine groups is 1. The molecule has 2 aromatic rings. The third kappa shape index (κ3) is 4.98. The normalized spacial score (nSPS) is 18.8. The van der Waals surface area contributed by atoms with E-state index in [1.807, 2.05) is 32.7 Å². The Hall–Kier alpha value is -3.50. The third-order valence-corrected chi connectivity index (χ3v) is 6.76. The Morgan fingerprint density at radius 3 is 2.31 bits per heavy atom. The molecule has 0 saturated carbocycles. The van der Waals surface area contributed by atoms with Crippen molar-refractivity contribution in [1.29, 1.82) is 0 Å². The van der Waals surface area contributed by atoms with Crippen LogP contribution in [0.3, 0.4) is 0 Å². The molecule has 1 saturated heterocycles. The van der Waals surface area contributed by atoms with Crippen LogP contribution in [0, 0.1) is 6.92 Å². The van der Waals surface area contributed by atoms with Crippen LogP contribution < -0.4 is 21.3 Å². The lowest BCUT2D eigenvalue weighted by molar-refractivity contribution is 0.0663. The molecular weight excluding hydrogens is 446 g/mol. The Morgan fingerprint density at radius 1 is 1.09 bits per heavy atom. The molecule has 3 N–H and O–H groups in total. The first-order valence-electron chi connectivity index (χ1n) is 12.0. The molecule has 1 atom stereocenters. The summed E-state index contributed by atoms with van der Waals surface area (Å²) in [6.45, 7) is 10.7. The zero-order valence-corrected chi connectivity index (χ0v) is 20.9. The van der Waals surface area contributed by atoms with E-state index in [4.69, 9.17) is 0 Å². The summed E-state index contributed by atoms with van der Waals surface area (Å²) < 4.78 is 0. The number of anilines is 1. The lowest BCUT2D eigenvalue weighted by Crippen LogP contribution is -2.47. The molecule has 186 valence electrons. The SMILES string of the molecule is CCc1c(C)nc(N2NC(C)C(C)=C2NC(=O)c2ccc(C(=O)N3CCN(C)CC3)cc2)[nH]c1=O. The van der Waals surface area contributed by atoms with E-state index in [9.17, 15) is 14.4 Å². The summed E-state index contributed by atoms with van der Waals surface area (Å²) in [6.07, 6.45) is 0.587. The number of aryl methyl sites for hydroxylation is 1. The average molecular weight is 480 g/mol. The van der Waals surface area contributed by atoms with E-state index in [0.29, 0.717) is 53.7 Å². The van der Waals surface area contributed by atoms with Crippen molar-refractivity contribution in [2.75, 3.05) is 38.2 Å². The fourth-order valence-electron chi connectivity index (χ4n) is 4.31. The second kappa shape index (κ2) is 10.0. The van der Waals surface area contributed by atoms with Crippen molar-refractivity contribution in [2.45, 2.75) is 40.2 Å². The number of hydrogen-bond acceptors (Lipinski definition) is 7. The molecule has 10 heteroatoms. The van der Waals surface area contributed by atoms with Gasteiger partial charge in [0.1, 0.15) is 5.82 Å². The summed E-state index contributed by atoms with van der Waals surface area (Å²) >= 11 is 0. The first-order chi connectivity index (χ1) is 16.7. The predicted octanol–water partition coefficient (Wildman–Crippen LogP) is 1.40.